The van der Waals surface area contributed by atoms with Gasteiger partial charge in [0.2, 0.25) is 0 Å². The number of aryl methyl sites for hydroxylation is 1. The summed E-state index contributed by atoms with van der Waals surface area (Å²) in [5.74, 6) is 0. The van der Waals surface area contributed by atoms with Crippen LogP contribution in [0.1, 0.15) is 32.4 Å². The first kappa shape index (κ1) is 15.5. The minimum atomic E-state index is 0.377. The number of nitrogens with one attached hydrogen (secondary N) is 1. The molecule has 2 rings (SSSR count). The minimum absolute atomic E-state index is 0.377. The predicted molar refractivity (Wildman–Crippen MR) is 80.6 cm³/mol. The van der Waals surface area contributed by atoms with E-state index in [0.717, 1.165) is 26.2 Å². The Bertz CT molecular complexity index is 383. The normalized spacial score (nSPS) is 24.1. The van der Waals surface area contributed by atoms with E-state index in [1.165, 1.54) is 25.1 Å². The van der Waals surface area contributed by atoms with Gasteiger partial charge in [0.25, 0.3) is 0 Å². The van der Waals surface area contributed by atoms with Gasteiger partial charge in [-0.3, -0.25) is 4.90 Å². The molecule has 1 aromatic heterocycles. The first-order chi connectivity index (χ1) is 9.65. The van der Waals surface area contributed by atoms with Gasteiger partial charge in [-0.15, -0.1) is 0 Å². The van der Waals surface area contributed by atoms with Crippen molar-refractivity contribution in [2.24, 2.45) is 7.05 Å². The predicted octanol–water partition coefficient (Wildman–Crippen LogP) is 1.40. The van der Waals surface area contributed by atoms with Crippen molar-refractivity contribution in [3.63, 3.8) is 0 Å². The molecule has 2 atom stereocenters. The van der Waals surface area contributed by atoms with Crippen molar-refractivity contribution in [2.75, 3.05) is 26.2 Å². The van der Waals surface area contributed by atoms with Crippen LogP contribution in [0.25, 0.3) is 0 Å². The summed E-state index contributed by atoms with van der Waals surface area (Å²) >= 11 is 0. The Morgan fingerprint density at radius 2 is 2.05 bits per heavy atom. The van der Waals surface area contributed by atoms with Crippen LogP contribution in [0, 0.1) is 0 Å². The Labute approximate surface area is 122 Å². The Hall–Kier alpha value is -0.910. The number of rotatable bonds is 7. The maximum Gasteiger partial charge on any atom is 0.0945 e. The first-order valence-electron chi connectivity index (χ1n) is 7.69. The summed E-state index contributed by atoms with van der Waals surface area (Å²) in [5, 5.41) is 3.48. The quantitative estimate of drug-likeness (QED) is 0.767. The molecule has 2 heterocycles. The molecule has 1 aliphatic heterocycles. The zero-order chi connectivity index (χ0) is 14.4. The third-order valence-corrected chi connectivity index (χ3v) is 3.80. The van der Waals surface area contributed by atoms with Crippen LogP contribution in [-0.2, 0) is 18.3 Å². The van der Waals surface area contributed by atoms with Gasteiger partial charge in [-0.25, -0.2) is 4.98 Å². The van der Waals surface area contributed by atoms with Crippen LogP contribution < -0.4 is 5.32 Å². The van der Waals surface area contributed by atoms with Crippen LogP contribution in [0.5, 0.6) is 0 Å². The average Bonchev–Trinajstić information content (AvgIpc) is 2.78. The van der Waals surface area contributed by atoms with Crippen molar-refractivity contribution in [1.29, 1.82) is 0 Å². The number of nitrogens with zero attached hydrogens (tertiary/aromatic N) is 3. The Morgan fingerprint density at radius 1 is 1.30 bits per heavy atom. The lowest BCUT2D eigenvalue weighted by Crippen LogP contribution is -2.45. The molecule has 0 unspecified atom stereocenters. The Morgan fingerprint density at radius 3 is 2.70 bits per heavy atom. The molecule has 0 bridgehead atoms. The summed E-state index contributed by atoms with van der Waals surface area (Å²) in [7, 11) is 2.03. The maximum absolute atomic E-state index is 5.75. The standard InChI is InChI=1S/C15H28N4O/c1-13-10-19(11-14(2)20-13)7-5-4-6-16-8-15-9-17-12-18(15)3/h9,12-14,16H,4-8,10-11H2,1-3H3/t13-,14-/m0/s1. The van der Waals surface area contributed by atoms with Gasteiger partial charge >= 0.3 is 0 Å². The summed E-state index contributed by atoms with van der Waals surface area (Å²) in [6.45, 7) is 9.64. The first-order valence-corrected chi connectivity index (χ1v) is 7.69. The fraction of sp³-hybridized carbons (Fsp3) is 0.800. The van der Waals surface area contributed by atoms with Crippen molar-refractivity contribution >= 4 is 0 Å². The zero-order valence-corrected chi connectivity index (χ0v) is 13.0. The largest absolute Gasteiger partial charge is 0.373 e. The molecule has 5 heteroatoms. The highest BCUT2D eigenvalue weighted by molar-refractivity contribution is 4.96. The number of morpholine rings is 1. The summed E-state index contributed by atoms with van der Waals surface area (Å²) < 4.78 is 7.81. The lowest BCUT2D eigenvalue weighted by molar-refractivity contribution is -0.0681. The number of hydrogen-bond acceptors (Lipinski definition) is 4. The van der Waals surface area contributed by atoms with Crippen molar-refractivity contribution in [3.8, 4) is 0 Å². The third-order valence-electron chi connectivity index (χ3n) is 3.80. The van der Waals surface area contributed by atoms with Gasteiger partial charge in [-0.1, -0.05) is 0 Å². The van der Waals surface area contributed by atoms with Gasteiger partial charge in [0.15, 0.2) is 0 Å². The Kier molecular flexibility index (Phi) is 6.01. The summed E-state index contributed by atoms with van der Waals surface area (Å²) in [4.78, 5) is 6.64. The molecule has 0 aliphatic carbocycles. The molecule has 114 valence electrons. The summed E-state index contributed by atoms with van der Waals surface area (Å²) in [6, 6.07) is 0. The Balaban J connectivity index is 1.52. The van der Waals surface area contributed by atoms with Crippen LogP contribution >= 0.6 is 0 Å². The number of hydrogen-bond donors (Lipinski definition) is 1. The van der Waals surface area contributed by atoms with E-state index in [1.54, 1.807) is 0 Å². The van der Waals surface area contributed by atoms with E-state index in [1.807, 2.05) is 19.6 Å². The molecule has 1 fully saturated rings. The van der Waals surface area contributed by atoms with Gasteiger partial charge in [-0.2, -0.15) is 0 Å². The smallest absolute Gasteiger partial charge is 0.0945 e. The number of ether oxygens (including phenoxy) is 1. The second-order valence-electron chi connectivity index (χ2n) is 5.90. The molecule has 1 N–H and O–H groups in total. The number of imidazole rings is 1. The van der Waals surface area contributed by atoms with E-state index >= 15 is 0 Å². The molecule has 0 saturated carbocycles. The fourth-order valence-electron chi connectivity index (χ4n) is 2.82. The third kappa shape index (κ3) is 4.89. The van der Waals surface area contributed by atoms with Crippen LogP contribution in [0.2, 0.25) is 0 Å². The SMILES string of the molecule is C[C@H]1CN(CCCCNCc2cncn2C)C[C@H](C)O1. The highest BCUT2D eigenvalue weighted by Gasteiger charge is 2.21. The van der Waals surface area contributed by atoms with E-state index in [9.17, 15) is 0 Å². The summed E-state index contributed by atoms with van der Waals surface area (Å²) in [6.07, 6.45) is 6.99. The van der Waals surface area contributed by atoms with Crippen LogP contribution in [0.4, 0.5) is 0 Å². The molecular weight excluding hydrogens is 252 g/mol. The maximum atomic E-state index is 5.75. The zero-order valence-electron chi connectivity index (χ0n) is 13.0. The van der Waals surface area contributed by atoms with Gasteiger partial charge in [0.1, 0.15) is 0 Å². The van der Waals surface area contributed by atoms with E-state index in [4.69, 9.17) is 4.74 Å². The van der Waals surface area contributed by atoms with Gasteiger partial charge < -0.3 is 14.6 Å². The number of unbranched alkanes of at least 4 members (excludes halogenated alkanes) is 1. The van der Waals surface area contributed by atoms with Crippen LogP contribution in [0.3, 0.4) is 0 Å². The van der Waals surface area contributed by atoms with E-state index in [2.05, 4.69) is 33.6 Å². The second kappa shape index (κ2) is 7.76. The molecule has 1 aliphatic rings. The lowest BCUT2D eigenvalue weighted by atomic mass is 10.2. The van der Waals surface area contributed by atoms with E-state index in [-0.39, 0.29) is 0 Å². The van der Waals surface area contributed by atoms with Gasteiger partial charge in [-0.05, 0) is 39.8 Å². The fourth-order valence-corrected chi connectivity index (χ4v) is 2.82. The van der Waals surface area contributed by atoms with Gasteiger partial charge in [0.05, 0.1) is 24.2 Å². The molecule has 1 saturated heterocycles. The molecule has 1 aromatic rings. The molecular formula is C15H28N4O. The van der Waals surface area contributed by atoms with Crippen molar-refractivity contribution in [3.05, 3.63) is 18.2 Å². The second-order valence-corrected chi connectivity index (χ2v) is 5.90. The molecule has 5 nitrogen and oxygen atoms in total. The minimum Gasteiger partial charge on any atom is -0.373 e. The van der Waals surface area contributed by atoms with E-state index in [0.29, 0.717) is 12.2 Å². The molecule has 20 heavy (non-hydrogen) atoms. The van der Waals surface area contributed by atoms with Crippen LogP contribution in [-0.4, -0.2) is 52.8 Å². The van der Waals surface area contributed by atoms with Crippen molar-refractivity contribution < 1.29 is 4.74 Å². The lowest BCUT2D eigenvalue weighted by Gasteiger charge is -2.35. The highest BCUT2D eigenvalue weighted by atomic mass is 16.5. The monoisotopic (exact) mass is 280 g/mol. The average molecular weight is 280 g/mol. The van der Waals surface area contributed by atoms with Crippen LogP contribution in [0.15, 0.2) is 12.5 Å². The van der Waals surface area contributed by atoms with Crippen molar-refractivity contribution in [2.45, 2.75) is 45.4 Å². The highest BCUT2D eigenvalue weighted by Crippen LogP contribution is 2.11. The van der Waals surface area contributed by atoms with Gasteiger partial charge in [0, 0.05) is 32.9 Å². The van der Waals surface area contributed by atoms with E-state index < -0.39 is 0 Å². The molecule has 0 spiro atoms. The molecule has 0 amide bonds. The summed E-state index contributed by atoms with van der Waals surface area (Å²) in [5.41, 5.74) is 1.24. The molecule has 0 aromatic carbocycles. The van der Waals surface area contributed by atoms with Crippen molar-refractivity contribution in [1.82, 2.24) is 19.8 Å². The number of aromatic nitrogens is 2. The topological polar surface area (TPSA) is 42.3 Å². The molecule has 0 radical (unpaired) electrons.